The molecule has 1 aromatic heterocycles. The fraction of sp³-hybridized carbons (Fsp3) is 0.385. The molecule has 0 amide bonds. The molecule has 1 aliphatic heterocycles. The monoisotopic (exact) mass is 479 g/mol. The number of benzene rings is 2. The zero-order valence-corrected chi connectivity index (χ0v) is 20.9. The Kier molecular flexibility index (Phi) is 6.28. The van der Waals surface area contributed by atoms with Crippen LogP contribution in [0.3, 0.4) is 0 Å². The molecule has 1 saturated heterocycles. The summed E-state index contributed by atoms with van der Waals surface area (Å²) in [4.78, 5) is 28.0. The molecule has 2 heterocycles. The molecule has 3 atom stereocenters. The van der Waals surface area contributed by atoms with Crippen LogP contribution in [0, 0.1) is 12.3 Å². The highest BCUT2D eigenvalue weighted by Gasteiger charge is 2.64. The Labute approximate surface area is 200 Å². The molecule has 3 aromatic rings. The number of nitrogens with one attached hydrogen (secondary N) is 1. The van der Waals surface area contributed by atoms with Crippen LogP contribution in [0.25, 0.3) is 0 Å². The predicted molar refractivity (Wildman–Crippen MR) is 133 cm³/mol. The maximum atomic E-state index is 13.3. The van der Waals surface area contributed by atoms with E-state index in [9.17, 15) is 19.8 Å². The molecule has 179 valence electrons. The van der Waals surface area contributed by atoms with Crippen LogP contribution < -0.4 is 21.6 Å². The highest BCUT2D eigenvalue weighted by Crippen LogP contribution is 2.50. The number of H-pyrrole nitrogens is 1. The smallest absolute Gasteiger partial charge is 0.330 e. The maximum Gasteiger partial charge on any atom is 0.330 e. The van der Waals surface area contributed by atoms with Crippen LogP contribution in [0.5, 0.6) is 0 Å². The van der Waals surface area contributed by atoms with Gasteiger partial charge in [0.2, 0.25) is 0 Å². The second-order valence-electron chi connectivity index (χ2n) is 9.97. The SMILES string of the molecule is Cc1cn([C@@]2([Si](c3ccccc3)c3ccccc3)C[C@@](O)(C(C)(C)C)[C@@H](CO)O2)c(=O)[nH]c1=O. The second kappa shape index (κ2) is 8.78. The number of hydrogen-bond donors (Lipinski definition) is 3. The molecule has 2 aromatic carbocycles. The van der Waals surface area contributed by atoms with Crippen molar-refractivity contribution >= 4 is 19.2 Å². The Morgan fingerprint density at radius 2 is 1.59 bits per heavy atom. The first-order valence-electron chi connectivity index (χ1n) is 11.4. The highest BCUT2D eigenvalue weighted by molar-refractivity contribution is 6.86. The maximum absolute atomic E-state index is 13.3. The zero-order chi connectivity index (χ0) is 24.7. The Balaban J connectivity index is 2.09. The van der Waals surface area contributed by atoms with Crippen molar-refractivity contribution in [1.82, 2.24) is 9.55 Å². The van der Waals surface area contributed by atoms with Crippen LogP contribution in [0.1, 0.15) is 32.8 Å². The van der Waals surface area contributed by atoms with E-state index in [4.69, 9.17) is 4.74 Å². The third-order valence-corrected chi connectivity index (χ3v) is 10.0. The quantitative estimate of drug-likeness (QED) is 0.472. The van der Waals surface area contributed by atoms with E-state index in [1.807, 2.05) is 81.4 Å². The van der Waals surface area contributed by atoms with Crippen LogP contribution in [0.2, 0.25) is 0 Å². The van der Waals surface area contributed by atoms with E-state index in [1.165, 1.54) is 10.8 Å². The standard InChI is InChI=1S/C26H31N2O5Si/c1-18-15-28(23(31)27-22(18)30)26(17-25(32,24(2,3)4)21(16-29)33-26)34(19-11-7-5-8-12-19)20-13-9-6-10-14-20/h5-15,21,29,32H,16-17H2,1-4H3,(H,27,30,31)/t21-,25+,26+/m1/s1. The molecule has 1 radical (unpaired) electrons. The molecular formula is C26H31N2O5Si. The molecular weight excluding hydrogens is 448 g/mol. The lowest BCUT2D eigenvalue weighted by molar-refractivity contribution is -0.134. The first-order valence-corrected chi connectivity index (χ1v) is 12.9. The van der Waals surface area contributed by atoms with E-state index in [0.29, 0.717) is 5.56 Å². The van der Waals surface area contributed by atoms with Gasteiger partial charge in [0, 0.05) is 18.2 Å². The number of aromatic nitrogens is 2. The van der Waals surface area contributed by atoms with Crippen LogP contribution in [0.15, 0.2) is 76.4 Å². The number of aliphatic hydroxyl groups excluding tert-OH is 1. The van der Waals surface area contributed by atoms with Gasteiger partial charge in [0.05, 0.1) is 6.61 Å². The summed E-state index contributed by atoms with van der Waals surface area (Å²) in [6.07, 6.45) is 0.651. The van der Waals surface area contributed by atoms with E-state index in [0.717, 1.165) is 10.4 Å². The van der Waals surface area contributed by atoms with Crippen molar-refractivity contribution in [3.63, 3.8) is 0 Å². The predicted octanol–water partition coefficient (Wildman–Crippen LogP) is 0.905. The van der Waals surface area contributed by atoms with Gasteiger partial charge in [0.25, 0.3) is 5.56 Å². The number of aromatic amines is 1. The van der Waals surface area contributed by atoms with E-state index in [-0.39, 0.29) is 6.42 Å². The van der Waals surface area contributed by atoms with Crippen LogP contribution in [-0.4, -0.2) is 46.9 Å². The summed E-state index contributed by atoms with van der Waals surface area (Å²) in [6.45, 7) is 6.91. The van der Waals surface area contributed by atoms with Gasteiger partial charge in [-0.1, -0.05) is 91.8 Å². The van der Waals surface area contributed by atoms with Gasteiger partial charge >= 0.3 is 5.69 Å². The minimum atomic E-state index is -1.96. The molecule has 0 spiro atoms. The van der Waals surface area contributed by atoms with Crippen molar-refractivity contribution < 1.29 is 14.9 Å². The number of aliphatic hydroxyl groups is 2. The van der Waals surface area contributed by atoms with E-state index >= 15 is 0 Å². The van der Waals surface area contributed by atoms with E-state index in [1.54, 1.807) is 6.92 Å². The normalized spacial score (nSPS) is 25.1. The summed E-state index contributed by atoms with van der Waals surface area (Å²) in [6, 6.07) is 19.6. The zero-order valence-electron chi connectivity index (χ0n) is 19.9. The molecule has 0 saturated carbocycles. The minimum Gasteiger partial charge on any atom is -0.394 e. The molecule has 3 N–H and O–H groups in total. The molecule has 0 unspecified atom stereocenters. The number of aryl methyl sites for hydroxylation is 1. The topological polar surface area (TPSA) is 105 Å². The van der Waals surface area contributed by atoms with Crippen molar-refractivity contribution in [3.05, 3.63) is 93.3 Å². The van der Waals surface area contributed by atoms with Crippen molar-refractivity contribution in [2.45, 2.75) is 51.2 Å². The lowest BCUT2D eigenvalue weighted by Gasteiger charge is -2.41. The van der Waals surface area contributed by atoms with Crippen molar-refractivity contribution in [3.8, 4) is 0 Å². The Bertz CT molecular complexity index is 1230. The molecule has 1 fully saturated rings. The molecule has 4 rings (SSSR count). The van der Waals surface area contributed by atoms with Crippen molar-refractivity contribution in [2.24, 2.45) is 5.41 Å². The van der Waals surface area contributed by atoms with Gasteiger partial charge in [0.1, 0.15) is 17.1 Å². The average Bonchev–Trinajstić information content (AvgIpc) is 3.12. The first kappa shape index (κ1) is 24.3. The number of ether oxygens (including phenoxy) is 1. The summed E-state index contributed by atoms with van der Waals surface area (Å²) >= 11 is 0. The van der Waals surface area contributed by atoms with Gasteiger partial charge in [-0.15, -0.1) is 0 Å². The Hall–Kier alpha value is -2.78. The van der Waals surface area contributed by atoms with E-state index in [2.05, 4.69) is 4.98 Å². The van der Waals surface area contributed by atoms with Gasteiger partial charge in [-0.25, -0.2) is 4.79 Å². The average molecular weight is 480 g/mol. The second-order valence-corrected chi connectivity index (χ2v) is 12.7. The summed E-state index contributed by atoms with van der Waals surface area (Å²) < 4.78 is 8.09. The van der Waals surface area contributed by atoms with Gasteiger partial charge in [-0.2, -0.15) is 0 Å². The molecule has 0 bridgehead atoms. The number of hydrogen-bond acceptors (Lipinski definition) is 5. The van der Waals surface area contributed by atoms with Crippen molar-refractivity contribution in [1.29, 1.82) is 0 Å². The molecule has 0 aliphatic carbocycles. The summed E-state index contributed by atoms with van der Waals surface area (Å²) in [5.41, 5.74) is -2.82. The Morgan fingerprint density at radius 1 is 1.06 bits per heavy atom. The largest absolute Gasteiger partial charge is 0.394 e. The van der Waals surface area contributed by atoms with E-state index < -0.39 is 49.1 Å². The molecule has 7 nitrogen and oxygen atoms in total. The van der Waals surface area contributed by atoms with Crippen molar-refractivity contribution in [2.75, 3.05) is 6.61 Å². The van der Waals surface area contributed by atoms with Gasteiger partial charge in [-0.05, 0) is 12.3 Å². The highest BCUT2D eigenvalue weighted by atomic mass is 28.3. The molecule has 1 aliphatic rings. The van der Waals surface area contributed by atoms with Crippen LogP contribution in [0.4, 0.5) is 0 Å². The number of nitrogens with zero attached hydrogens (tertiary/aromatic N) is 1. The fourth-order valence-electron chi connectivity index (χ4n) is 4.86. The number of rotatable bonds is 5. The first-order chi connectivity index (χ1) is 16.0. The van der Waals surface area contributed by atoms with Gasteiger partial charge < -0.3 is 14.9 Å². The summed E-state index contributed by atoms with van der Waals surface area (Å²) in [5.74, 6) is 0. The Morgan fingerprint density at radius 3 is 2.03 bits per heavy atom. The lowest BCUT2D eigenvalue weighted by Crippen LogP contribution is -2.64. The third kappa shape index (κ3) is 3.90. The third-order valence-electron chi connectivity index (χ3n) is 6.87. The van der Waals surface area contributed by atoms with Crippen LogP contribution in [-0.2, 0) is 10.1 Å². The summed E-state index contributed by atoms with van der Waals surface area (Å²) in [5, 5.41) is 22.9. The molecule has 8 heteroatoms. The minimum absolute atomic E-state index is 0.0677. The summed E-state index contributed by atoms with van der Waals surface area (Å²) in [7, 11) is -1.96. The van der Waals surface area contributed by atoms with Gasteiger partial charge in [0.15, 0.2) is 8.80 Å². The van der Waals surface area contributed by atoms with Crippen LogP contribution >= 0.6 is 0 Å². The fourth-order valence-corrected chi connectivity index (χ4v) is 8.26. The van der Waals surface area contributed by atoms with Gasteiger partial charge in [-0.3, -0.25) is 14.3 Å². The molecule has 34 heavy (non-hydrogen) atoms. The lowest BCUT2D eigenvalue weighted by atomic mass is 9.72.